The molecule has 21 heavy (non-hydrogen) atoms. The highest BCUT2D eigenvalue weighted by Gasteiger charge is 2.17. The van der Waals surface area contributed by atoms with Gasteiger partial charge in [-0.3, -0.25) is 0 Å². The summed E-state index contributed by atoms with van der Waals surface area (Å²) >= 11 is 0. The van der Waals surface area contributed by atoms with Crippen LogP contribution in [-0.2, 0) is 0 Å². The number of imidazole rings is 1. The zero-order valence-electron chi connectivity index (χ0n) is 13.5. The van der Waals surface area contributed by atoms with E-state index in [4.69, 9.17) is 0 Å². The van der Waals surface area contributed by atoms with Crippen LogP contribution in [0, 0.1) is 5.92 Å². The topological polar surface area (TPSA) is 73.0 Å². The summed E-state index contributed by atoms with van der Waals surface area (Å²) < 4.78 is 0. The Labute approximate surface area is 125 Å². The smallest absolute Gasteiger partial charge is 0.226 e. The number of rotatable bonds is 7. The fourth-order valence-corrected chi connectivity index (χ4v) is 2.20. The third kappa shape index (κ3) is 3.81. The van der Waals surface area contributed by atoms with Gasteiger partial charge in [-0.05, 0) is 20.0 Å². The molecule has 0 saturated heterocycles. The van der Waals surface area contributed by atoms with E-state index in [0.29, 0.717) is 17.5 Å². The molecule has 0 atom stereocenters. The van der Waals surface area contributed by atoms with E-state index in [9.17, 15) is 0 Å². The minimum atomic E-state index is 0.554. The number of H-pyrrole nitrogens is 1. The van der Waals surface area contributed by atoms with E-state index in [0.717, 1.165) is 31.0 Å². The first-order chi connectivity index (χ1) is 10.0. The summed E-state index contributed by atoms with van der Waals surface area (Å²) in [6, 6.07) is 0. The van der Waals surface area contributed by atoms with Gasteiger partial charge in [0.1, 0.15) is 5.52 Å². The molecule has 0 aliphatic carbocycles. The summed E-state index contributed by atoms with van der Waals surface area (Å²) in [6.45, 7) is 7.27. The van der Waals surface area contributed by atoms with Crippen molar-refractivity contribution in [3.8, 4) is 0 Å². The van der Waals surface area contributed by atoms with Crippen LogP contribution in [0.1, 0.15) is 13.8 Å². The highest BCUT2D eigenvalue weighted by Crippen LogP contribution is 2.23. The lowest BCUT2D eigenvalue weighted by molar-refractivity contribution is 0.408. The van der Waals surface area contributed by atoms with Crippen molar-refractivity contribution in [1.82, 2.24) is 24.8 Å². The molecule has 2 heterocycles. The van der Waals surface area contributed by atoms with Crippen LogP contribution >= 0.6 is 0 Å². The van der Waals surface area contributed by atoms with Crippen LogP contribution < -0.4 is 10.2 Å². The average molecular weight is 291 g/mol. The second-order valence-electron chi connectivity index (χ2n) is 5.87. The minimum absolute atomic E-state index is 0.554. The zero-order valence-corrected chi connectivity index (χ0v) is 13.5. The van der Waals surface area contributed by atoms with E-state index in [-0.39, 0.29) is 0 Å². The standard InChI is InChI=1S/C14H25N7/c1-10(2)8-21(7-6-20(4)5)13-11-12(17-9-16-11)18-14(15-3)19-13/h9-10H,6-8H2,1-5H3,(H2,15,16,17,18,19). The number of anilines is 2. The quantitative estimate of drug-likeness (QED) is 0.804. The highest BCUT2D eigenvalue weighted by atomic mass is 15.3. The van der Waals surface area contributed by atoms with Crippen molar-refractivity contribution in [2.45, 2.75) is 13.8 Å². The molecule has 2 aromatic rings. The normalized spacial score (nSPS) is 11.6. The number of aromatic amines is 1. The van der Waals surface area contributed by atoms with Crippen LogP contribution in [0.5, 0.6) is 0 Å². The van der Waals surface area contributed by atoms with E-state index in [1.165, 1.54) is 0 Å². The maximum absolute atomic E-state index is 4.64. The van der Waals surface area contributed by atoms with Crippen LogP contribution in [0.25, 0.3) is 11.2 Å². The van der Waals surface area contributed by atoms with E-state index >= 15 is 0 Å². The predicted octanol–water partition coefficient (Wildman–Crippen LogP) is 1.42. The lowest BCUT2D eigenvalue weighted by Crippen LogP contribution is -2.35. The Hall–Kier alpha value is -1.89. The van der Waals surface area contributed by atoms with E-state index < -0.39 is 0 Å². The molecule has 7 nitrogen and oxygen atoms in total. The lowest BCUT2D eigenvalue weighted by atomic mass is 10.2. The molecule has 2 N–H and O–H groups in total. The molecular weight excluding hydrogens is 266 g/mol. The van der Waals surface area contributed by atoms with E-state index in [2.05, 4.69) is 63.0 Å². The molecule has 0 bridgehead atoms. The number of fused-ring (bicyclic) bond motifs is 1. The average Bonchev–Trinajstić information content (AvgIpc) is 2.90. The monoisotopic (exact) mass is 291 g/mol. The Morgan fingerprint density at radius 2 is 2.00 bits per heavy atom. The van der Waals surface area contributed by atoms with Crippen molar-refractivity contribution in [2.75, 3.05) is 51.0 Å². The summed E-state index contributed by atoms with van der Waals surface area (Å²) in [7, 11) is 5.99. The minimum Gasteiger partial charge on any atom is -0.357 e. The fraction of sp³-hybridized carbons (Fsp3) is 0.643. The van der Waals surface area contributed by atoms with Gasteiger partial charge in [-0.15, -0.1) is 0 Å². The van der Waals surface area contributed by atoms with Gasteiger partial charge in [0.2, 0.25) is 5.95 Å². The second-order valence-corrected chi connectivity index (χ2v) is 5.87. The third-order valence-corrected chi connectivity index (χ3v) is 3.19. The van der Waals surface area contributed by atoms with Crippen LogP contribution in [0.4, 0.5) is 11.8 Å². The van der Waals surface area contributed by atoms with Crippen molar-refractivity contribution in [3.05, 3.63) is 6.33 Å². The molecular formula is C14H25N7. The SMILES string of the molecule is CNc1nc(N(CCN(C)C)CC(C)C)c2[nH]cnc2n1. The number of hydrogen-bond acceptors (Lipinski definition) is 6. The highest BCUT2D eigenvalue weighted by molar-refractivity contribution is 5.84. The second kappa shape index (κ2) is 6.71. The van der Waals surface area contributed by atoms with Crippen molar-refractivity contribution < 1.29 is 0 Å². The van der Waals surface area contributed by atoms with Crippen LogP contribution in [0.2, 0.25) is 0 Å². The Balaban J connectivity index is 2.39. The molecule has 0 unspecified atom stereocenters. The van der Waals surface area contributed by atoms with Gasteiger partial charge in [-0.2, -0.15) is 9.97 Å². The Bertz CT molecular complexity index is 576. The molecule has 0 amide bonds. The largest absolute Gasteiger partial charge is 0.357 e. The van der Waals surface area contributed by atoms with Gasteiger partial charge < -0.3 is 20.1 Å². The molecule has 0 radical (unpaired) electrons. The number of nitrogens with zero attached hydrogens (tertiary/aromatic N) is 5. The maximum atomic E-state index is 4.64. The summed E-state index contributed by atoms with van der Waals surface area (Å²) in [5.41, 5.74) is 1.59. The molecule has 0 fully saturated rings. The first kappa shape index (κ1) is 15.5. The molecule has 0 aliphatic heterocycles. The fourth-order valence-electron chi connectivity index (χ4n) is 2.20. The first-order valence-corrected chi connectivity index (χ1v) is 7.29. The predicted molar refractivity (Wildman–Crippen MR) is 86.8 cm³/mol. The van der Waals surface area contributed by atoms with Gasteiger partial charge in [-0.25, -0.2) is 4.98 Å². The van der Waals surface area contributed by atoms with Crippen molar-refractivity contribution >= 4 is 22.9 Å². The lowest BCUT2D eigenvalue weighted by Gasteiger charge is -2.27. The number of hydrogen-bond donors (Lipinski definition) is 2. The Morgan fingerprint density at radius 1 is 1.24 bits per heavy atom. The molecule has 116 valence electrons. The van der Waals surface area contributed by atoms with Gasteiger partial charge in [-0.1, -0.05) is 13.8 Å². The number of aromatic nitrogens is 4. The number of nitrogens with one attached hydrogen (secondary N) is 2. The zero-order chi connectivity index (χ0) is 15.4. The molecule has 0 saturated carbocycles. The third-order valence-electron chi connectivity index (χ3n) is 3.19. The van der Waals surface area contributed by atoms with Crippen molar-refractivity contribution in [1.29, 1.82) is 0 Å². The molecule has 2 rings (SSSR count). The summed E-state index contributed by atoms with van der Waals surface area (Å²) in [5, 5.41) is 3.01. The van der Waals surface area contributed by atoms with Gasteiger partial charge in [0, 0.05) is 26.7 Å². The maximum Gasteiger partial charge on any atom is 0.226 e. The first-order valence-electron chi connectivity index (χ1n) is 7.29. The van der Waals surface area contributed by atoms with Crippen LogP contribution in [-0.4, -0.2) is 65.6 Å². The van der Waals surface area contributed by atoms with E-state index in [1.54, 1.807) is 6.33 Å². The summed E-state index contributed by atoms with van der Waals surface area (Å²) in [4.78, 5) is 20.9. The number of likely N-dealkylation sites (N-methyl/N-ethyl adjacent to an activating group) is 1. The van der Waals surface area contributed by atoms with Gasteiger partial charge in [0.25, 0.3) is 0 Å². The molecule has 2 aromatic heterocycles. The van der Waals surface area contributed by atoms with E-state index in [1.807, 2.05) is 7.05 Å². The van der Waals surface area contributed by atoms with Crippen LogP contribution in [0.3, 0.4) is 0 Å². The van der Waals surface area contributed by atoms with Gasteiger partial charge in [0.05, 0.1) is 6.33 Å². The molecule has 0 aliphatic rings. The van der Waals surface area contributed by atoms with Gasteiger partial charge >= 0.3 is 0 Å². The van der Waals surface area contributed by atoms with Crippen molar-refractivity contribution in [3.63, 3.8) is 0 Å². The van der Waals surface area contributed by atoms with Gasteiger partial charge in [0.15, 0.2) is 11.5 Å². The van der Waals surface area contributed by atoms with Crippen LogP contribution in [0.15, 0.2) is 6.33 Å². The van der Waals surface area contributed by atoms with Crippen molar-refractivity contribution in [2.24, 2.45) is 5.92 Å². The molecule has 0 spiro atoms. The Kier molecular flexibility index (Phi) is 4.95. The summed E-state index contributed by atoms with van der Waals surface area (Å²) in [5.74, 6) is 2.07. The summed E-state index contributed by atoms with van der Waals surface area (Å²) in [6.07, 6.45) is 1.67. The Morgan fingerprint density at radius 3 is 2.62 bits per heavy atom. The molecule has 7 heteroatoms. The molecule has 0 aromatic carbocycles.